The number of carboxylic acids is 1. The van der Waals surface area contributed by atoms with Gasteiger partial charge < -0.3 is 15.6 Å². The van der Waals surface area contributed by atoms with Crippen molar-refractivity contribution in [3.05, 3.63) is 59.2 Å². The standard InChI is InChI=1S/C15H15NO3/c1-10-3-2-4-13(14(10)16)19-9-11-5-7-12(8-6-11)15(17)18/h2-8H,9,16H2,1H3,(H,17,18). The molecule has 0 unspecified atom stereocenters. The van der Waals surface area contributed by atoms with Gasteiger partial charge in [0.15, 0.2) is 0 Å². The average molecular weight is 257 g/mol. The molecule has 2 aromatic carbocycles. The molecule has 0 aliphatic heterocycles. The average Bonchev–Trinajstić information content (AvgIpc) is 2.41. The smallest absolute Gasteiger partial charge is 0.335 e. The van der Waals surface area contributed by atoms with Crippen molar-refractivity contribution in [2.45, 2.75) is 13.5 Å². The minimum atomic E-state index is -0.935. The van der Waals surface area contributed by atoms with Gasteiger partial charge in [0.1, 0.15) is 12.4 Å². The van der Waals surface area contributed by atoms with Crippen LogP contribution >= 0.6 is 0 Å². The first-order valence-electron chi connectivity index (χ1n) is 5.88. The topological polar surface area (TPSA) is 72.5 Å². The highest BCUT2D eigenvalue weighted by molar-refractivity contribution is 5.87. The van der Waals surface area contributed by atoms with Gasteiger partial charge in [-0.3, -0.25) is 0 Å². The Bertz CT molecular complexity index is 591. The Morgan fingerprint density at radius 1 is 1.21 bits per heavy atom. The molecule has 0 saturated heterocycles. The summed E-state index contributed by atoms with van der Waals surface area (Å²) >= 11 is 0. The van der Waals surface area contributed by atoms with Crippen LogP contribution in [-0.4, -0.2) is 11.1 Å². The van der Waals surface area contributed by atoms with Crippen molar-refractivity contribution < 1.29 is 14.6 Å². The predicted molar refractivity (Wildman–Crippen MR) is 73.3 cm³/mol. The van der Waals surface area contributed by atoms with Crippen LogP contribution in [0.5, 0.6) is 5.75 Å². The van der Waals surface area contributed by atoms with Gasteiger partial charge in [-0.25, -0.2) is 4.79 Å². The summed E-state index contributed by atoms with van der Waals surface area (Å²) in [4.78, 5) is 10.7. The molecule has 98 valence electrons. The van der Waals surface area contributed by atoms with Gasteiger partial charge in [0.05, 0.1) is 11.3 Å². The molecule has 0 heterocycles. The van der Waals surface area contributed by atoms with Gasteiger partial charge in [-0.15, -0.1) is 0 Å². The van der Waals surface area contributed by atoms with Crippen molar-refractivity contribution in [1.29, 1.82) is 0 Å². The van der Waals surface area contributed by atoms with E-state index in [1.807, 2.05) is 25.1 Å². The molecule has 0 aromatic heterocycles. The van der Waals surface area contributed by atoms with E-state index in [1.54, 1.807) is 24.3 Å². The molecule has 3 N–H and O–H groups in total. The molecule has 0 radical (unpaired) electrons. The number of carboxylic acid groups (broad SMARTS) is 1. The van der Waals surface area contributed by atoms with E-state index in [1.165, 1.54) is 0 Å². The molecule has 0 saturated carbocycles. The number of aryl methyl sites for hydroxylation is 1. The maximum Gasteiger partial charge on any atom is 0.335 e. The maximum absolute atomic E-state index is 10.7. The number of nitrogen functional groups attached to an aromatic ring is 1. The van der Waals surface area contributed by atoms with Crippen LogP contribution in [0.2, 0.25) is 0 Å². The zero-order valence-electron chi connectivity index (χ0n) is 10.6. The number of para-hydroxylation sites is 1. The fourth-order valence-electron chi connectivity index (χ4n) is 1.68. The second kappa shape index (κ2) is 5.44. The Kier molecular flexibility index (Phi) is 3.71. The predicted octanol–water partition coefficient (Wildman–Crippen LogP) is 2.85. The Labute approximate surface area is 111 Å². The number of anilines is 1. The summed E-state index contributed by atoms with van der Waals surface area (Å²) in [6.07, 6.45) is 0. The molecule has 2 aromatic rings. The molecule has 0 spiro atoms. The van der Waals surface area contributed by atoms with Crippen LogP contribution in [0.1, 0.15) is 21.5 Å². The number of nitrogens with two attached hydrogens (primary N) is 1. The Balaban J connectivity index is 2.06. The highest BCUT2D eigenvalue weighted by Crippen LogP contribution is 2.25. The van der Waals surface area contributed by atoms with Crippen LogP contribution in [0, 0.1) is 6.92 Å². The minimum Gasteiger partial charge on any atom is -0.487 e. The lowest BCUT2D eigenvalue weighted by Gasteiger charge is -2.10. The molecule has 0 fully saturated rings. The molecule has 0 atom stereocenters. The van der Waals surface area contributed by atoms with Crippen molar-refractivity contribution in [3.63, 3.8) is 0 Å². The molecular formula is C15H15NO3. The monoisotopic (exact) mass is 257 g/mol. The third-order valence-electron chi connectivity index (χ3n) is 2.88. The summed E-state index contributed by atoms with van der Waals surface area (Å²) in [6.45, 7) is 2.28. The summed E-state index contributed by atoms with van der Waals surface area (Å²) in [7, 11) is 0. The lowest BCUT2D eigenvalue weighted by atomic mass is 10.1. The SMILES string of the molecule is Cc1cccc(OCc2ccc(C(=O)O)cc2)c1N. The van der Waals surface area contributed by atoms with Gasteiger partial charge in [0.25, 0.3) is 0 Å². The van der Waals surface area contributed by atoms with E-state index < -0.39 is 5.97 Å². The van der Waals surface area contributed by atoms with E-state index in [0.29, 0.717) is 18.0 Å². The van der Waals surface area contributed by atoms with E-state index in [2.05, 4.69) is 0 Å². The van der Waals surface area contributed by atoms with Gasteiger partial charge in [0, 0.05) is 0 Å². The van der Waals surface area contributed by atoms with Crippen molar-refractivity contribution in [3.8, 4) is 5.75 Å². The first-order chi connectivity index (χ1) is 9.08. The number of benzene rings is 2. The van der Waals surface area contributed by atoms with Crippen molar-refractivity contribution in [2.24, 2.45) is 0 Å². The molecular weight excluding hydrogens is 242 g/mol. The van der Waals surface area contributed by atoms with Gasteiger partial charge in [-0.2, -0.15) is 0 Å². The molecule has 4 heteroatoms. The van der Waals surface area contributed by atoms with Crippen LogP contribution in [0.15, 0.2) is 42.5 Å². The largest absolute Gasteiger partial charge is 0.487 e. The molecule has 0 aliphatic rings. The lowest BCUT2D eigenvalue weighted by molar-refractivity contribution is 0.0697. The van der Waals surface area contributed by atoms with Crippen LogP contribution in [0.4, 0.5) is 5.69 Å². The fourth-order valence-corrected chi connectivity index (χ4v) is 1.68. The number of hydrogen-bond acceptors (Lipinski definition) is 3. The summed E-state index contributed by atoms with van der Waals surface area (Å²) in [5, 5.41) is 8.80. The van der Waals surface area contributed by atoms with Gasteiger partial charge in [0.2, 0.25) is 0 Å². The van der Waals surface area contributed by atoms with Crippen LogP contribution < -0.4 is 10.5 Å². The Morgan fingerprint density at radius 3 is 2.53 bits per heavy atom. The van der Waals surface area contributed by atoms with E-state index in [9.17, 15) is 4.79 Å². The molecule has 2 rings (SSSR count). The van der Waals surface area contributed by atoms with Gasteiger partial charge in [-0.1, -0.05) is 24.3 Å². The molecule has 19 heavy (non-hydrogen) atoms. The first kappa shape index (κ1) is 13.0. The normalized spacial score (nSPS) is 10.2. The Morgan fingerprint density at radius 2 is 1.89 bits per heavy atom. The third-order valence-corrected chi connectivity index (χ3v) is 2.88. The second-order valence-electron chi connectivity index (χ2n) is 4.28. The van der Waals surface area contributed by atoms with Crippen LogP contribution in [0.25, 0.3) is 0 Å². The van der Waals surface area contributed by atoms with E-state index in [4.69, 9.17) is 15.6 Å². The van der Waals surface area contributed by atoms with Crippen LogP contribution in [-0.2, 0) is 6.61 Å². The highest BCUT2D eigenvalue weighted by atomic mass is 16.5. The van der Waals surface area contributed by atoms with Crippen molar-refractivity contribution >= 4 is 11.7 Å². The summed E-state index contributed by atoms with van der Waals surface area (Å²) in [5.41, 5.74) is 8.67. The number of ether oxygens (including phenoxy) is 1. The maximum atomic E-state index is 10.7. The quantitative estimate of drug-likeness (QED) is 0.826. The molecule has 4 nitrogen and oxygen atoms in total. The number of aromatic carboxylic acids is 1. The van der Waals surface area contributed by atoms with E-state index >= 15 is 0 Å². The summed E-state index contributed by atoms with van der Waals surface area (Å²) in [5.74, 6) is -0.294. The number of hydrogen-bond donors (Lipinski definition) is 2. The second-order valence-corrected chi connectivity index (χ2v) is 4.28. The van der Waals surface area contributed by atoms with Crippen molar-refractivity contribution in [1.82, 2.24) is 0 Å². The summed E-state index contributed by atoms with van der Waals surface area (Å²) in [6, 6.07) is 12.2. The minimum absolute atomic E-state index is 0.263. The zero-order chi connectivity index (χ0) is 13.8. The number of carbonyl (C=O) groups is 1. The van der Waals surface area contributed by atoms with Gasteiger partial charge >= 0.3 is 5.97 Å². The number of rotatable bonds is 4. The summed E-state index contributed by atoms with van der Waals surface area (Å²) < 4.78 is 5.63. The van der Waals surface area contributed by atoms with Crippen molar-refractivity contribution in [2.75, 3.05) is 5.73 Å². The van der Waals surface area contributed by atoms with Gasteiger partial charge in [-0.05, 0) is 36.2 Å². The molecule has 0 amide bonds. The first-order valence-corrected chi connectivity index (χ1v) is 5.88. The Hall–Kier alpha value is -2.49. The lowest BCUT2D eigenvalue weighted by Crippen LogP contribution is -2.01. The van der Waals surface area contributed by atoms with E-state index in [-0.39, 0.29) is 5.56 Å². The molecule has 0 aliphatic carbocycles. The third kappa shape index (κ3) is 3.04. The molecule has 0 bridgehead atoms. The fraction of sp³-hybridized carbons (Fsp3) is 0.133. The van der Waals surface area contributed by atoms with E-state index in [0.717, 1.165) is 11.1 Å². The highest BCUT2D eigenvalue weighted by Gasteiger charge is 2.04. The van der Waals surface area contributed by atoms with Crippen LogP contribution in [0.3, 0.4) is 0 Å². The zero-order valence-corrected chi connectivity index (χ0v) is 10.6.